The van der Waals surface area contributed by atoms with Crippen LogP contribution in [0.5, 0.6) is 0 Å². The number of Topliss-reactive ketones (excluding diaryl/α,β-unsaturated/α-hetero) is 1. The van der Waals surface area contributed by atoms with Crippen LogP contribution in [0.2, 0.25) is 5.02 Å². The van der Waals surface area contributed by atoms with Crippen molar-refractivity contribution in [3.63, 3.8) is 0 Å². The fraction of sp³-hybridized carbons (Fsp3) is 0.174. The molecule has 2 N–H and O–H groups in total. The number of amides is 1. The standard InChI is InChI=1S/C23H19ClN2O3/c1-13-7-8-16(11-19(13)24)25-22(28)18-12-17-20(26-23(18)29)9-15(10-21(17)27)14-5-3-2-4-6-14/h2-8,11-12,15H,9-10H2,1H3,(H,25,28)(H,26,29)/t15-/m1/s1. The van der Waals surface area contributed by atoms with E-state index in [4.69, 9.17) is 11.6 Å². The summed E-state index contributed by atoms with van der Waals surface area (Å²) in [5, 5.41) is 3.19. The van der Waals surface area contributed by atoms with E-state index in [1.807, 2.05) is 37.3 Å². The van der Waals surface area contributed by atoms with E-state index in [0.29, 0.717) is 34.8 Å². The van der Waals surface area contributed by atoms with E-state index >= 15 is 0 Å². The minimum Gasteiger partial charge on any atom is -0.325 e. The Morgan fingerprint density at radius 2 is 1.83 bits per heavy atom. The molecule has 1 amide bonds. The van der Waals surface area contributed by atoms with Gasteiger partial charge < -0.3 is 10.3 Å². The Morgan fingerprint density at radius 1 is 1.07 bits per heavy atom. The van der Waals surface area contributed by atoms with Gasteiger partial charge in [-0.15, -0.1) is 0 Å². The quantitative estimate of drug-likeness (QED) is 0.672. The van der Waals surface area contributed by atoms with Crippen molar-refractivity contribution in [1.82, 2.24) is 4.98 Å². The fourth-order valence-electron chi connectivity index (χ4n) is 3.63. The maximum atomic E-state index is 12.7. The summed E-state index contributed by atoms with van der Waals surface area (Å²) >= 11 is 6.09. The summed E-state index contributed by atoms with van der Waals surface area (Å²) in [7, 11) is 0. The molecule has 146 valence electrons. The third-order valence-corrected chi connectivity index (χ3v) is 5.66. The topological polar surface area (TPSA) is 79.0 Å². The van der Waals surface area contributed by atoms with Gasteiger partial charge in [-0.2, -0.15) is 0 Å². The summed E-state index contributed by atoms with van der Waals surface area (Å²) in [4.78, 5) is 40.6. The maximum absolute atomic E-state index is 12.7. The van der Waals surface area contributed by atoms with Crippen molar-refractivity contribution in [2.75, 3.05) is 5.32 Å². The number of halogens is 1. The van der Waals surface area contributed by atoms with Crippen molar-refractivity contribution in [1.29, 1.82) is 0 Å². The third-order valence-electron chi connectivity index (χ3n) is 5.25. The van der Waals surface area contributed by atoms with Gasteiger partial charge >= 0.3 is 0 Å². The lowest BCUT2D eigenvalue weighted by molar-refractivity contribution is 0.0963. The molecule has 0 saturated heterocycles. The number of aromatic nitrogens is 1. The van der Waals surface area contributed by atoms with Crippen molar-refractivity contribution in [3.05, 3.63) is 97.9 Å². The van der Waals surface area contributed by atoms with Crippen LogP contribution in [0, 0.1) is 6.92 Å². The highest BCUT2D eigenvalue weighted by molar-refractivity contribution is 6.31. The minimum absolute atomic E-state index is 0.0150. The Kier molecular flexibility index (Phi) is 5.07. The molecule has 1 aromatic heterocycles. The molecule has 1 atom stereocenters. The number of ketones is 1. The normalized spacial score (nSPS) is 15.7. The molecular formula is C23H19ClN2O3. The lowest BCUT2D eigenvalue weighted by Crippen LogP contribution is -2.29. The van der Waals surface area contributed by atoms with Crippen molar-refractivity contribution in [3.8, 4) is 0 Å². The predicted octanol–water partition coefficient (Wildman–Crippen LogP) is 4.50. The Morgan fingerprint density at radius 3 is 2.55 bits per heavy atom. The molecule has 1 heterocycles. The zero-order valence-electron chi connectivity index (χ0n) is 15.8. The van der Waals surface area contributed by atoms with Crippen molar-refractivity contribution in [2.45, 2.75) is 25.7 Å². The molecule has 1 aliphatic carbocycles. The van der Waals surface area contributed by atoms with Gasteiger partial charge in [-0.05, 0) is 48.6 Å². The molecule has 3 aromatic rings. The van der Waals surface area contributed by atoms with Gasteiger partial charge in [0.1, 0.15) is 5.56 Å². The number of hydrogen-bond acceptors (Lipinski definition) is 3. The van der Waals surface area contributed by atoms with Crippen molar-refractivity contribution in [2.24, 2.45) is 0 Å². The van der Waals surface area contributed by atoms with Crippen LogP contribution in [0.3, 0.4) is 0 Å². The molecule has 6 heteroatoms. The fourth-order valence-corrected chi connectivity index (χ4v) is 3.81. The van der Waals surface area contributed by atoms with Crippen LogP contribution in [0.25, 0.3) is 0 Å². The second-order valence-corrected chi connectivity index (χ2v) is 7.67. The number of anilines is 1. The van der Waals surface area contributed by atoms with E-state index in [9.17, 15) is 14.4 Å². The molecule has 29 heavy (non-hydrogen) atoms. The molecule has 0 unspecified atom stereocenters. The lowest BCUT2D eigenvalue weighted by atomic mass is 9.81. The lowest BCUT2D eigenvalue weighted by Gasteiger charge is -2.24. The average molecular weight is 407 g/mol. The van der Waals surface area contributed by atoms with Crippen molar-refractivity contribution < 1.29 is 9.59 Å². The summed E-state index contributed by atoms with van der Waals surface area (Å²) in [6.45, 7) is 1.86. The van der Waals surface area contributed by atoms with E-state index < -0.39 is 11.5 Å². The van der Waals surface area contributed by atoms with Crippen LogP contribution in [-0.4, -0.2) is 16.7 Å². The number of aryl methyl sites for hydroxylation is 1. The van der Waals surface area contributed by atoms with Gasteiger partial charge in [-0.1, -0.05) is 48.0 Å². The van der Waals surface area contributed by atoms with Gasteiger partial charge in [-0.25, -0.2) is 0 Å². The van der Waals surface area contributed by atoms with Crippen LogP contribution < -0.4 is 10.9 Å². The zero-order chi connectivity index (χ0) is 20.5. The van der Waals surface area contributed by atoms with E-state index in [2.05, 4.69) is 10.3 Å². The number of fused-ring (bicyclic) bond motifs is 1. The molecule has 0 fully saturated rings. The van der Waals surface area contributed by atoms with E-state index in [1.54, 1.807) is 18.2 Å². The minimum atomic E-state index is -0.577. The molecule has 0 saturated carbocycles. The van der Waals surface area contributed by atoms with Crippen LogP contribution >= 0.6 is 11.6 Å². The van der Waals surface area contributed by atoms with Gasteiger partial charge in [-0.3, -0.25) is 14.4 Å². The maximum Gasteiger partial charge on any atom is 0.261 e. The van der Waals surface area contributed by atoms with Gasteiger partial charge in [0.25, 0.3) is 11.5 Å². The molecule has 0 spiro atoms. The number of carbonyl (C=O) groups is 2. The molecule has 1 aliphatic rings. The number of nitrogens with one attached hydrogen (secondary N) is 2. The summed E-state index contributed by atoms with van der Waals surface area (Å²) in [6.07, 6.45) is 0.896. The van der Waals surface area contributed by atoms with E-state index in [1.165, 1.54) is 6.07 Å². The molecule has 5 nitrogen and oxygen atoms in total. The van der Waals surface area contributed by atoms with Crippen molar-refractivity contribution >= 4 is 29.0 Å². The summed E-state index contributed by atoms with van der Waals surface area (Å²) in [5.41, 5.74) is 2.81. The summed E-state index contributed by atoms with van der Waals surface area (Å²) in [5.74, 6) is -0.642. The van der Waals surface area contributed by atoms with Crippen LogP contribution in [0.4, 0.5) is 5.69 Å². The molecule has 0 radical (unpaired) electrons. The highest BCUT2D eigenvalue weighted by Crippen LogP contribution is 2.31. The first-order chi connectivity index (χ1) is 13.9. The van der Waals surface area contributed by atoms with Crippen LogP contribution in [0.1, 0.15) is 49.9 Å². The largest absolute Gasteiger partial charge is 0.325 e. The SMILES string of the molecule is Cc1ccc(NC(=O)c2cc3c([nH]c2=O)C[C@@H](c2ccccc2)CC3=O)cc1Cl. The number of carbonyl (C=O) groups excluding carboxylic acids is 2. The molecular weight excluding hydrogens is 388 g/mol. The number of pyridine rings is 1. The first-order valence-electron chi connectivity index (χ1n) is 9.34. The number of benzene rings is 2. The molecule has 0 bridgehead atoms. The Balaban J connectivity index is 1.62. The zero-order valence-corrected chi connectivity index (χ0v) is 16.5. The summed E-state index contributed by atoms with van der Waals surface area (Å²) < 4.78 is 0. The third kappa shape index (κ3) is 3.87. The van der Waals surface area contributed by atoms with Gasteiger partial charge in [0, 0.05) is 28.4 Å². The van der Waals surface area contributed by atoms with E-state index in [-0.39, 0.29) is 17.3 Å². The monoisotopic (exact) mass is 406 g/mol. The number of hydrogen-bond donors (Lipinski definition) is 2. The van der Waals surface area contributed by atoms with E-state index in [0.717, 1.165) is 11.1 Å². The Bertz CT molecular complexity index is 1170. The Hall–Kier alpha value is -3.18. The Labute approximate surface area is 172 Å². The first kappa shape index (κ1) is 19.2. The van der Waals surface area contributed by atoms with Gasteiger partial charge in [0.05, 0.1) is 0 Å². The number of H-pyrrole nitrogens is 1. The molecule has 0 aliphatic heterocycles. The van der Waals surface area contributed by atoms with Gasteiger partial charge in [0.2, 0.25) is 0 Å². The van der Waals surface area contributed by atoms with Crippen LogP contribution in [0.15, 0.2) is 59.4 Å². The highest BCUT2D eigenvalue weighted by Gasteiger charge is 2.28. The van der Waals surface area contributed by atoms with Crippen LogP contribution in [-0.2, 0) is 6.42 Å². The number of rotatable bonds is 3. The smallest absolute Gasteiger partial charge is 0.261 e. The second kappa shape index (κ2) is 7.68. The highest BCUT2D eigenvalue weighted by atomic mass is 35.5. The molecule has 2 aromatic carbocycles. The summed E-state index contributed by atoms with van der Waals surface area (Å²) in [6, 6.07) is 16.3. The average Bonchev–Trinajstić information content (AvgIpc) is 2.70. The predicted molar refractivity (Wildman–Crippen MR) is 113 cm³/mol. The van der Waals surface area contributed by atoms with Gasteiger partial charge in [0.15, 0.2) is 5.78 Å². The second-order valence-electron chi connectivity index (χ2n) is 7.26. The first-order valence-corrected chi connectivity index (χ1v) is 9.72. The number of aromatic amines is 1. The molecule has 4 rings (SSSR count).